The summed E-state index contributed by atoms with van der Waals surface area (Å²) < 4.78 is 33.0. The summed E-state index contributed by atoms with van der Waals surface area (Å²) in [5.74, 6) is -0.822. The maximum absolute atomic E-state index is 12.7. The number of carbonyl (C=O) groups is 2. The molecule has 0 aliphatic carbocycles. The van der Waals surface area contributed by atoms with Crippen LogP contribution in [0.25, 0.3) is 0 Å². The molecule has 9 nitrogen and oxygen atoms in total. The summed E-state index contributed by atoms with van der Waals surface area (Å²) in [5, 5.41) is 0. The Balaban J connectivity index is 3.92. The van der Waals surface area contributed by atoms with Gasteiger partial charge in [-0.1, -0.05) is 266 Å². The molecule has 0 saturated heterocycles. The average molecular weight is 1030 g/mol. The molecule has 416 valence electrons. The van der Waals surface area contributed by atoms with E-state index >= 15 is 0 Å². The highest BCUT2D eigenvalue weighted by Crippen LogP contribution is 2.43. The van der Waals surface area contributed by atoms with Gasteiger partial charge in [0.15, 0.2) is 6.10 Å². The van der Waals surface area contributed by atoms with Crippen molar-refractivity contribution in [1.29, 1.82) is 0 Å². The van der Waals surface area contributed by atoms with Crippen LogP contribution in [0.1, 0.15) is 264 Å². The summed E-state index contributed by atoms with van der Waals surface area (Å²) in [6.07, 6.45) is 75.0. The minimum absolute atomic E-state index is 0.0521. The number of carbonyl (C=O) groups excluding carboxylic acids is 2. The van der Waals surface area contributed by atoms with Crippen molar-refractivity contribution >= 4 is 19.8 Å². The van der Waals surface area contributed by atoms with E-state index in [1.165, 1.54) is 148 Å². The predicted octanol–water partition coefficient (Wildman–Crippen LogP) is 18.7. The van der Waals surface area contributed by atoms with Crippen LogP contribution in [0.5, 0.6) is 0 Å². The Morgan fingerprint density at radius 1 is 0.431 bits per heavy atom. The minimum Gasteiger partial charge on any atom is -0.462 e. The average Bonchev–Trinajstić information content (AvgIpc) is 3.37. The third-order valence-corrected chi connectivity index (χ3v) is 13.5. The lowest BCUT2D eigenvalue weighted by molar-refractivity contribution is -0.161. The number of hydrogen-bond donors (Lipinski definition) is 2. The minimum atomic E-state index is -4.39. The first-order valence-electron chi connectivity index (χ1n) is 29.6. The zero-order valence-electron chi connectivity index (χ0n) is 46.4. The molecule has 0 heterocycles. The van der Waals surface area contributed by atoms with E-state index < -0.39 is 26.5 Å². The van der Waals surface area contributed by atoms with Crippen molar-refractivity contribution in [2.75, 3.05) is 26.4 Å². The van der Waals surface area contributed by atoms with Gasteiger partial charge in [-0.05, 0) is 70.6 Å². The molecule has 0 rings (SSSR count). The maximum Gasteiger partial charge on any atom is 0.472 e. The Kier molecular flexibility index (Phi) is 55.2. The number of phosphoric acid groups is 1. The molecule has 0 aromatic carbocycles. The van der Waals surface area contributed by atoms with E-state index in [1.807, 2.05) is 0 Å². The molecule has 10 heteroatoms. The summed E-state index contributed by atoms with van der Waals surface area (Å²) in [6.45, 7) is 3.65. The highest BCUT2D eigenvalue weighted by atomic mass is 31.2. The molecular weight excluding hydrogens is 918 g/mol. The molecule has 0 amide bonds. The Bertz CT molecular complexity index is 1450. The lowest BCUT2D eigenvalue weighted by Gasteiger charge is -2.19. The molecule has 0 fully saturated rings. The molecule has 0 aromatic heterocycles. The second kappa shape index (κ2) is 57.5. The molecule has 72 heavy (non-hydrogen) atoms. The maximum atomic E-state index is 12.7. The molecule has 2 unspecified atom stereocenters. The second-order valence-corrected chi connectivity index (χ2v) is 20.9. The fraction of sp³-hybridized carbons (Fsp3) is 0.742. The van der Waals surface area contributed by atoms with Gasteiger partial charge in [0, 0.05) is 19.4 Å². The van der Waals surface area contributed by atoms with E-state index in [2.05, 4.69) is 98.9 Å². The van der Waals surface area contributed by atoms with Crippen LogP contribution in [0.3, 0.4) is 0 Å². The van der Waals surface area contributed by atoms with Crippen LogP contribution in [-0.4, -0.2) is 49.3 Å². The van der Waals surface area contributed by atoms with Gasteiger partial charge in [-0.15, -0.1) is 0 Å². The normalized spacial score (nSPS) is 13.7. The summed E-state index contributed by atoms with van der Waals surface area (Å²) in [4.78, 5) is 35.2. The van der Waals surface area contributed by atoms with Crippen molar-refractivity contribution in [2.45, 2.75) is 270 Å². The second-order valence-electron chi connectivity index (χ2n) is 19.5. The fourth-order valence-electron chi connectivity index (χ4n) is 8.21. The molecule has 0 aliphatic heterocycles. The number of unbranched alkanes of at least 4 members (excludes halogenated alkanes) is 28. The first kappa shape index (κ1) is 69.2. The highest BCUT2D eigenvalue weighted by molar-refractivity contribution is 7.47. The summed E-state index contributed by atoms with van der Waals surface area (Å²) in [6, 6.07) is 0. The van der Waals surface area contributed by atoms with Crippen LogP contribution in [0.15, 0.2) is 85.1 Å². The van der Waals surface area contributed by atoms with E-state index in [0.717, 1.165) is 83.5 Å². The monoisotopic (exact) mass is 1030 g/mol. The standard InChI is InChI=1S/C62H110NO8P/c1-3-5-7-9-11-13-15-17-19-21-22-23-24-25-26-27-28-29-30-31-32-33-34-35-36-37-38-39-41-43-45-47-49-51-53-55-62(65)71-60(59-70-72(66,67)69-57-56-63)58-68-61(64)54-52-50-48-46-44-42-40-20-18-16-14-12-10-8-6-4-2/h5,7,11,13,17,19,22-23,25-26,28-29,31-32,60H,3-4,6,8-10,12,14-16,18,20-21,24,27,30,33-59,63H2,1-2H3,(H,66,67)/b7-5-,13-11-,19-17-,23-22-,26-25-,29-28-,32-31-. The SMILES string of the molecule is CC/C=C\C/C=C\C/C=C\C/C=C\C/C=C\C/C=C\C/C=C\CCCCCCCCCCCCCCCC(=O)OC(COC(=O)CCCCCCCCCCCCCCCCCC)COP(=O)(O)OCCN. The molecular formula is C62H110NO8P. The number of hydrogen-bond acceptors (Lipinski definition) is 8. The van der Waals surface area contributed by atoms with E-state index in [0.29, 0.717) is 6.42 Å². The lowest BCUT2D eigenvalue weighted by Crippen LogP contribution is -2.29. The number of nitrogens with two attached hydrogens (primary N) is 1. The van der Waals surface area contributed by atoms with Crippen LogP contribution in [0.2, 0.25) is 0 Å². The van der Waals surface area contributed by atoms with Crippen LogP contribution < -0.4 is 5.73 Å². The fourth-order valence-corrected chi connectivity index (χ4v) is 8.97. The third kappa shape index (κ3) is 56.5. The largest absolute Gasteiger partial charge is 0.472 e. The van der Waals surface area contributed by atoms with Gasteiger partial charge < -0.3 is 20.1 Å². The van der Waals surface area contributed by atoms with Crippen molar-refractivity contribution < 1.29 is 37.6 Å². The first-order chi connectivity index (χ1) is 35.3. The Hall–Kier alpha value is -2.81. The molecule has 0 bridgehead atoms. The van der Waals surface area contributed by atoms with Gasteiger partial charge in [-0.25, -0.2) is 4.57 Å². The summed E-state index contributed by atoms with van der Waals surface area (Å²) in [5.41, 5.74) is 5.38. The number of phosphoric ester groups is 1. The zero-order valence-corrected chi connectivity index (χ0v) is 47.3. The van der Waals surface area contributed by atoms with E-state index in [-0.39, 0.29) is 38.6 Å². The Labute approximate surface area is 443 Å². The summed E-state index contributed by atoms with van der Waals surface area (Å²) >= 11 is 0. The molecule has 3 N–H and O–H groups in total. The van der Waals surface area contributed by atoms with Gasteiger partial charge in [0.25, 0.3) is 0 Å². The quantitative estimate of drug-likeness (QED) is 0.0264. The number of ether oxygens (including phenoxy) is 2. The summed E-state index contributed by atoms with van der Waals surface area (Å²) in [7, 11) is -4.39. The Morgan fingerprint density at radius 2 is 0.764 bits per heavy atom. The van der Waals surface area contributed by atoms with Crippen molar-refractivity contribution in [3.63, 3.8) is 0 Å². The van der Waals surface area contributed by atoms with Crippen molar-refractivity contribution in [1.82, 2.24) is 0 Å². The number of allylic oxidation sites excluding steroid dienone is 14. The first-order valence-corrected chi connectivity index (χ1v) is 31.1. The molecule has 0 spiro atoms. The van der Waals surface area contributed by atoms with Gasteiger partial charge in [-0.3, -0.25) is 18.6 Å². The van der Waals surface area contributed by atoms with Gasteiger partial charge in [0.05, 0.1) is 13.2 Å². The molecule has 0 aliphatic rings. The number of rotatable bonds is 55. The van der Waals surface area contributed by atoms with Crippen LogP contribution in [0.4, 0.5) is 0 Å². The lowest BCUT2D eigenvalue weighted by atomic mass is 10.0. The van der Waals surface area contributed by atoms with Crippen LogP contribution in [-0.2, 0) is 32.7 Å². The van der Waals surface area contributed by atoms with Crippen molar-refractivity contribution in [2.24, 2.45) is 5.73 Å². The van der Waals surface area contributed by atoms with Gasteiger partial charge in [0.1, 0.15) is 6.61 Å². The van der Waals surface area contributed by atoms with E-state index in [4.69, 9.17) is 24.3 Å². The number of esters is 2. The highest BCUT2D eigenvalue weighted by Gasteiger charge is 2.26. The zero-order chi connectivity index (χ0) is 52.4. The van der Waals surface area contributed by atoms with Crippen LogP contribution in [0, 0.1) is 0 Å². The van der Waals surface area contributed by atoms with Crippen molar-refractivity contribution in [3.8, 4) is 0 Å². The topological polar surface area (TPSA) is 134 Å². The predicted molar refractivity (Wildman–Crippen MR) is 307 cm³/mol. The van der Waals surface area contributed by atoms with Gasteiger partial charge in [0.2, 0.25) is 0 Å². The molecule has 0 radical (unpaired) electrons. The Morgan fingerprint density at radius 3 is 1.14 bits per heavy atom. The van der Waals surface area contributed by atoms with E-state index in [1.54, 1.807) is 0 Å². The smallest absolute Gasteiger partial charge is 0.462 e. The molecule has 2 atom stereocenters. The van der Waals surface area contributed by atoms with E-state index in [9.17, 15) is 19.0 Å². The molecule has 0 aromatic rings. The van der Waals surface area contributed by atoms with Gasteiger partial charge >= 0.3 is 19.8 Å². The van der Waals surface area contributed by atoms with Crippen LogP contribution >= 0.6 is 7.82 Å². The molecule has 0 saturated carbocycles. The third-order valence-electron chi connectivity index (χ3n) is 12.5. The van der Waals surface area contributed by atoms with Gasteiger partial charge in [-0.2, -0.15) is 0 Å². The van der Waals surface area contributed by atoms with Crippen molar-refractivity contribution in [3.05, 3.63) is 85.1 Å².